The average Bonchev–Trinajstić information content (AvgIpc) is 2.54. The molecule has 24 heavy (non-hydrogen) atoms. The van der Waals surface area contributed by atoms with Gasteiger partial charge < -0.3 is 19.6 Å². The van der Waals surface area contributed by atoms with Crippen molar-refractivity contribution in [1.29, 1.82) is 0 Å². The third kappa shape index (κ3) is 7.93. The third-order valence-corrected chi connectivity index (χ3v) is 2.66. The number of allylic oxidation sites excluding steroid dienone is 2. The summed E-state index contributed by atoms with van der Waals surface area (Å²) in [5, 5.41) is 8.36. The quantitative estimate of drug-likeness (QED) is 0.388. The van der Waals surface area contributed by atoms with E-state index in [1.165, 1.54) is 19.9 Å². The van der Waals surface area contributed by atoms with Gasteiger partial charge in [-0.25, -0.2) is 0 Å². The Hall–Kier alpha value is -2.13. The maximum absolute atomic E-state index is 10.0. The summed E-state index contributed by atoms with van der Waals surface area (Å²) in [5.74, 6) is 1.51. The van der Waals surface area contributed by atoms with E-state index in [1.54, 1.807) is 20.4 Å². The van der Waals surface area contributed by atoms with Gasteiger partial charge in [0.15, 0.2) is 5.78 Å². The molecule has 0 saturated heterocycles. The number of hydrogen-bond donors (Lipinski definition) is 1. The van der Waals surface area contributed by atoms with E-state index in [0.717, 1.165) is 22.8 Å². The van der Waals surface area contributed by atoms with Crippen molar-refractivity contribution in [2.24, 2.45) is 0 Å². The predicted molar refractivity (Wildman–Crippen MR) is 88.7 cm³/mol. The number of carbonyl (C=O) groups is 1. The van der Waals surface area contributed by atoms with Crippen LogP contribution in [0.1, 0.15) is 13.8 Å². The van der Waals surface area contributed by atoms with Crippen LogP contribution in [0.5, 0.6) is 11.5 Å². The summed E-state index contributed by atoms with van der Waals surface area (Å²) < 4.78 is 10.3. The van der Waals surface area contributed by atoms with Crippen LogP contribution < -0.4 is 9.47 Å². The number of ketones is 1. The molecule has 0 bridgehead atoms. The fraction of sp³-hybridized carbons (Fsp3) is 0.222. The molecule has 0 aliphatic rings. The Morgan fingerprint density at radius 1 is 1.17 bits per heavy atom. The Kier molecular flexibility index (Phi) is 10.4. The Morgan fingerprint density at radius 3 is 2.29 bits per heavy atom. The van der Waals surface area contributed by atoms with Crippen LogP contribution in [0.25, 0.3) is 11.3 Å². The van der Waals surface area contributed by atoms with Gasteiger partial charge in [-0.2, -0.15) is 0 Å². The van der Waals surface area contributed by atoms with Gasteiger partial charge in [-0.1, -0.05) is 0 Å². The largest absolute Gasteiger partial charge is 0.516 e. The van der Waals surface area contributed by atoms with Gasteiger partial charge in [0.25, 0.3) is 0 Å². The van der Waals surface area contributed by atoms with E-state index in [9.17, 15) is 4.79 Å². The number of nitrogens with zero attached hydrogens (tertiary/aromatic N) is 1. The second-order valence-corrected chi connectivity index (χ2v) is 4.62. The summed E-state index contributed by atoms with van der Waals surface area (Å²) in [5.41, 5.74) is 1.71. The molecule has 5 nitrogen and oxygen atoms in total. The standard InChI is InChI=1S/C13H12NO2.C5H8O2.Pt/c1-15-11-5-3-4-10(8-11)13-9-12(16-2)6-7-14-13;1-4(6)3-5(2)7;/h3,5-9H,1-2H3;3,6H,1-2H3;/q-1;;/b;4-3-;. The summed E-state index contributed by atoms with van der Waals surface area (Å²) in [6.45, 7) is 2.85. The monoisotopic (exact) mass is 509 g/mol. The van der Waals surface area contributed by atoms with Gasteiger partial charge in [0, 0.05) is 39.1 Å². The van der Waals surface area contributed by atoms with Crippen molar-refractivity contribution in [2.75, 3.05) is 14.2 Å². The van der Waals surface area contributed by atoms with Crippen molar-refractivity contribution >= 4 is 5.78 Å². The molecule has 0 aliphatic heterocycles. The van der Waals surface area contributed by atoms with Gasteiger partial charge in [0.1, 0.15) is 5.75 Å². The van der Waals surface area contributed by atoms with Crippen LogP contribution in [0.2, 0.25) is 0 Å². The van der Waals surface area contributed by atoms with Crippen LogP contribution >= 0.6 is 0 Å². The molecule has 6 heteroatoms. The van der Waals surface area contributed by atoms with Crippen LogP contribution in [0.15, 0.2) is 48.4 Å². The number of carbonyl (C=O) groups excluding carboxylic acids is 1. The van der Waals surface area contributed by atoms with Crippen molar-refractivity contribution in [1.82, 2.24) is 4.98 Å². The first kappa shape index (κ1) is 21.9. The number of aliphatic hydroxyl groups is 1. The second kappa shape index (κ2) is 11.4. The number of pyridine rings is 1. The summed E-state index contributed by atoms with van der Waals surface area (Å²) in [4.78, 5) is 14.3. The van der Waals surface area contributed by atoms with E-state index in [2.05, 4.69) is 11.1 Å². The van der Waals surface area contributed by atoms with Crippen LogP contribution in [-0.2, 0) is 25.9 Å². The molecule has 0 unspecified atom stereocenters. The summed E-state index contributed by atoms with van der Waals surface area (Å²) >= 11 is 0. The first-order valence-electron chi connectivity index (χ1n) is 6.90. The molecule has 1 aromatic carbocycles. The number of hydrogen-bond acceptors (Lipinski definition) is 5. The Bertz CT molecular complexity index is 637. The number of methoxy groups -OCH3 is 2. The second-order valence-electron chi connectivity index (χ2n) is 4.62. The van der Waals surface area contributed by atoms with Crippen molar-refractivity contribution in [3.05, 3.63) is 54.4 Å². The van der Waals surface area contributed by atoms with Gasteiger partial charge in [0.05, 0.1) is 20.0 Å². The van der Waals surface area contributed by atoms with Crippen LogP contribution in [0.4, 0.5) is 0 Å². The zero-order chi connectivity index (χ0) is 17.2. The maximum Gasteiger partial charge on any atom is 0.155 e. The van der Waals surface area contributed by atoms with Crippen LogP contribution in [0.3, 0.4) is 0 Å². The van der Waals surface area contributed by atoms with E-state index in [4.69, 9.17) is 14.6 Å². The molecule has 0 amide bonds. The molecule has 0 atom stereocenters. The minimum atomic E-state index is -0.125. The van der Waals surface area contributed by atoms with Gasteiger partial charge in [-0.15, -0.1) is 29.8 Å². The maximum atomic E-state index is 10.0. The SMILES string of the molecule is CC(=O)/C=C(/C)O.COc1cc[c-]c(-c2cc(OC)ccn2)c1.[Pt]. The normalized spacial score (nSPS) is 9.92. The molecule has 0 aliphatic carbocycles. The summed E-state index contributed by atoms with van der Waals surface area (Å²) in [6, 6.07) is 12.3. The van der Waals surface area contributed by atoms with Crippen LogP contribution in [-0.4, -0.2) is 30.1 Å². The molecule has 0 spiro atoms. The summed E-state index contributed by atoms with van der Waals surface area (Å²) in [7, 11) is 3.27. The molecule has 2 rings (SSSR count). The topological polar surface area (TPSA) is 68.7 Å². The van der Waals surface area contributed by atoms with E-state index in [0.29, 0.717) is 0 Å². The van der Waals surface area contributed by atoms with Crippen molar-refractivity contribution in [3.63, 3.8) is 0 Å². The molecule has 0 saturated carbocycles. The average molecular weight is 509 g/mol. The molecule has 2 aromatic rings. The number of aliphatic hydroxyl groups excluding tert-OH is 1. The van der Waals surface area contributed by atoms with E-state index < -0.39 is 0 Å². The Morgan fingerprint density at radius 2 is 1.79 bits per heavy atom. The van der Waals surface area contributed by atoms with E-state index in [1.807, 2.05) is 30.3 Å². The van der Waals surface area contributed by atoms with E-state index >= 15 is 0 Å². The van der Waals surface area contributed by atoms with Gasteiger partial charge >= 0.3 is 0 Å². The first-order valence-corrected chi connectivity index (χ1v) is 6.90. The molecular formula is C18H20NO4Pt-. The predicted octanol–water partition coefficient (Wildman–Crippen LogP) is 3.60. The molecule has 1 heterocycles. The zero-order valence-corrected chi connectivity index (χ0v) is 16.2. The van der Waals surface area contributed by atoms with E-state index in [-0.39, 0.29) is 32.6 Å². The fourth-order valence-corrected chi connectivity index (χ4v) is 1.70. The third-order valence-electron chi connectivity index (χ3n) is 2.66. The minimum absolute atomic E-state index is 0. The van der Waals surface area contributed by atoms with Gasteiger partial charge in [-0.05, 0) is 31.7 Å². The molecule has 1 aromatic heterocycles. The van der Waals surface area contributed by atoms with Crippen molar-refractivity contribution < 1.29 is 40.4 Å². The first-order chi connectivity index (χ1) is 11.0. The van der Waals surface area contributed by atoms with Gasteiger partial charge in [0.2, 0.25) is 0 Å². The number of benzene rings is 1. The number of ether oxygens (including phenoxy) is 2. The number of aromatic nitrogens is 1. The van der Waals surface area contributed by atoms with Crippen molar-refractivity contribution in [2.45, 2.75) is 13.8 Å². The number of rotatable bonds is 4. The molecular weight excluding hydrogens is 489 g/mol. The molecule has 0 radical (unpaired) electrons. The fourth-order valence-electron chi connectivity index (χ4n) is 1.70. The minimum Gasteiger partial charge on any atom is -0.516 e. The van der Waals surface area contributed by atoms with Crippen molar-refractivity contribution in [3.8, 4) is 22.8 Å². The zero-order valence-electron chi connectivity index (χ0n) is 14.0. The Balaban J connectivity index is 0.000000570. The van der Waals surface area contributed by atoms with Crippen LogP contribution in [0, 0.1) is 6.07 Å². The molecule has 1 N–H and O–H groups in total. The summed E-state index contributed by atoms with van der Waals surface area (Å²) in [6.07, 6.45) is 2.88. The van der Waals surface area contributed by atoms with Gasteiger partial charge in [-0.3, -0.25) is 4.79 Å². The molecule has 132 valence electrons. The Labute approximate surface area is 156 Å². The smallest absolute Gasteiger partial charge is 0.155 e. The molecule has 0 fully saturated rings.